The molecule has 2 aromatic heterocycles. The lowest BCUT2D eigenvalue weighted by Crippen LogP contribution is -2.49. The van der Waals surface area contributed by atoms with Crippen molar-refractivity contribution in [3.8, 4) is 0 Å². The van der Waals surface area contributed by atoms with E-state index >= 15 is 0 Å². The van der Waals surface area contributed by atoms with Crippen LogP contribution in [0.25, 0.3) is 10.3 Å². The molecule has 0 aliphatic carbocycles. The number of piperidine rings is 1. The molecule has 0 spiro atoms. The first-order chi connectivity index (χ1) is 14.0. The molecule has 0 bridgehead atoms. The highest BCUT2D eigenvalue weighted by Gasteiger charge is 2.31. The lowest BCUT2D eigenvalue weighted by molar-refractivity contribution is -0.123. The molecule has 1 aliphatic rings. The average Bonchev–Trinajstić information content (AvgIpc) is 3.17. The molecule has 1 atom stereocenters. The van der Waals surface area contributed by atoms with Gasteiger partial charge in [0.25, 0.3) is 5.56 Å². The van der Waals surface area contributed by atoms with Gasteiger partial charge in [0, 0.05) is 19.0 Å². The molecule has 2 N–H and O–H groups in total. The Morgan fingerprint density at radius 3 is 2.83 bits per heavy atom. The lowest BCUT2D eigenvalue weighted by Gasteiger charge is -2.34. The van der Waals surface area contributed by atoms with Crippen LogP contribution in [-0.2, 0) is 11.3 Å². The molecule has 0 saturated carbocycles. The van der Waals surface area contributed by atoms with Crippen molar-refractivity contribution in [3.63, 3.8) is 0 Å². The molecule has 8 heteroatoms. The summed E-state index contributed by atoms with van der Waals surface area (Å²) in [4.78, 5) is 39.9. The van der Waals surface area contributed by atoms with Crippen molar-refractivity contribution in [3.05, 3.63) is 52.1 Å². The number of rotatable bonds is 5. The molecule has 1 unspecified atom stereocenters. The van der Waals surface area contributed by atoms with E-state index in [2.05, 4.69) is 20.3 Å². The van der Waals surface area contributed by atoms with Gasteiger partial charge in [-0.25, -0.2) is 9.97 Å². The minimum atomic E-state index is -0.281. The van der Waals surface area contributed by atoms with Gasteiger partial charge in [0.1, 0.15) is 11.9 Å². The van der Waals surface area contributed by atoms with E-state index in [-0.39, 0.29) is 23.4 Å². The van der Waals surface area contributed by atoms with Crippen molar-refractivity contribution in [1.29, 1.82) is 0 Å². The van der Waals surface area contributed by atoms with Gasteiger partial charge in [-0.3, -0.25) is 9.59 Å². The Bertz CT molecular complexity index is 1060. The van der Waals surface area contributed by atoms with Crippen LogP contribution in [-0.4, -0.2) is 33.4 Å². The van der Waals surface area contributed by atoms with Gasteiger partial charge in [-0.15, -0.1) is 0 Å². The molecular formula is C21H25N5O2S. The monoisotopic (exact) mass is 411 g/mol. The molecule has 1 saturated heterocycles. The number of anilines is 1. The predicted octanol–water partition coefficient (Wildman–Crippen LogP) is 3.18. The van der Waals surface area contributed by atoms with Crippen molar-refractivity contribution in [2.45, 2.75) is 51.6 Å². The third-order valence-electron chi connectivity index (χ3n) is 5.18. The fourth-order valence-electron chi connectivity index (χ4n) is 3.57. The average molecular weight is 412 g/mol. The summed E-state index contributed by atoms with van der Waals surface area (Å²) in [6.45, 7) is 5.23. The number of aromatic nitrogens is 3. The lowest BCUT2D eigenvalue weighted by atomic mass is 10.0. The molecule has 29 heavy (non-hydrogen) atoms. The Hall–Kier alpha value is -2.74. The van der Waals surface area contributed by atoms with Crippen molar-refractivity contribution >= 4 is 32.7 Å². The zero-order chi connectivity index (χ0) is 20.4. The normalized spacial score (nSPS) is 17.1. The number of H-pyrrole nitrogens is 1. The SMILES string of the molecule is CC(C)c1nc2sc(N3CCCCC3C(=O)NCc3ccccc3)nc2c(=O)[nH]1. The van der Waals surface area contributed by atoms with Crippen molar-refractivity contribution in [2.75, 3.05) is 11.4 Å². The van der Waals surface area contributed by atoms with E-state index in [4.69, 9.17) is 0 Å². The standard InChI is InChI=1S/C21H25N5O2S/c1-13(2)17-24-19(28)16-20(25-17)29-21(23-16)26-11-7-6-10-15(26)18(27)22-12-14-8-4-3-5-9-14/h3-5,8-9,13,15H,6-7,10-12H2,1-2H3,(H,22,27)(H,24,25,28). The molecule has 3 aromatic rings. The Balaban J connectivity index is 1.57. The smallest absolute Gasteiger partial charge is 0.278 e. The van der Waals surface area contributed by atoms with Crippen LogP contribution in [0.4, 0.5) is 5.13 Å². The minimum absolute atomic E-state index is 0.00227. The first-order valence-electron chi connectivity index (χ1n) is 10.0. The Morgan fingerprint density at radius 1 is 1.28 bits per heavy atom. The number of benzene rings is 1. The summed E-state index contributed by atoms with van der Waals surface area (Å²) < 4.78 is 0. The molecule has 3 heterocycles. The van der Waals surface area contributed by atoms with Crippen LogP contribution < -0.4 is 15.8 Å². The van der Waals surface area contributed by atoms with Gasteiger partial charge in [-0.2, -0.15) is 0 Å². The number of nitrogens with zero attached hydrogens (tertiary/aromatic N) is 3. The maximum absolute atomic E-state index is 12.9. The van der Waals surface area contributed by atoms with Gasteiger partial charge in [-0.1, -0.05) is 55.5 Å². The van der Waals surface area contributed by atoms with E-state index in [0.29, 0.717) is 27.8 Å². The van der Waals surface area contributed by atoms with Crippen molar-refractivity contribution < 1.29 is 4.79 Å². The maximum atomic E-state index is 12.9. The van der Waals surface area contributed by atoms with E-state index in [1.165, 1.54) is 11.3 Å². The second-order valence-electron chi connectivity index (χ2n) is 7.66. The molecular weight excluding hydrogens is 386 g/mol. The number of fused-ring (bicyclic) bond motifs is 1. The molecule has 0 radical (unpaired) electrons. The van der Waals surface area contributed by atoms with Crippen LogP contribution in [0, 0.1) is 0 Å². The van der Waals surface area contributed by atoms with Gasteiger partial charge in [0.05, 0.1) is 0 Å². The van der Waals surface area contributed by atoms with E-state index in [0.717, 1.165) is 31.4 Å². The van der Waals surface area contributed by atoms with Crippen LogP contribution >= 0.6 is 11.3 Å². The Kier molecular flexibility index (Phi) is 5.62. The zero-order valence-electron chi connectivity index (χ0n) is 16.6. The fourth-order valence-corrected chi connectivity index (χ4v) is 4.59. The topological polar surface area (TPSA) is 91.0 Å². The van der Waals surface area contributed by atoms with Gasteiger partial charge in [0.2, 0.25) is 5.91 Å². The van der Waals surface area contributed by atoms with Crippen LogP contribution in [0.3, 0.4) is 0 Å². The number of carbonyl (C=O) groups is 1. The molecule has 4 rings (SSSR count). The highest BCUT2D eigenvalue weighted by Crippen LogP contribution is 2.31. The predicted molar refractivity (Wildman–Crippen MR) is 115 cm³/mol. The second kappa shape index (κ2) is 8.32. The van der Waals surface area contributed by atoms with E-state index in [1.807, 2.05) is 49.1 Å². The van der Waals surface area contributed by atoms with Crippen LogP contribution in [0.5, 0.6) is 0 Å². The van der Waals surface area contributed by atoms with E-state index < -0.39 is 0 Å². The van der Waals surface area contributed by atoms with Gasteiger partial charge < -0.3 is 15.2 Å². The number of thiazole rings is 1. The number of amides is 1. The summed E-state index contributed by atoms with van der Waals surface area (Å²) in [7, 11) is 0. The van der Waals surface area contributed by atoms with Crippen LogP contribution in [0.2, 0.25) is 0 Å². The van der Waals surface area contributed by atoms with E-state index in [9.17, 15) is 9.59 Å². The molecule has 1 aliphatic heterocycles. The number of carbonyl (C=O) groups excluding carboxylic acids is 1. The van der Waals surface area contributed by atoms with Gasteiger partial charge >= 0.3 is 0 Å². The third kappa shape index (κ3) is 4.17. The Labute approximate surface area is 173 Å². The first kappa shape index (κ1) is 19.6. The summed E-state index contributed by atoms with van der Waals surface area (Å²) in [5.41, 5.74) is 1.20. The van der Waals surface area contributed by atoms with Gasteiger partial charge in [-0.05, 0) is 24.8 Å². The van der Waals surface area contributed by atoms with Crippen molar-refractivity contribution in [1.82, 2.24) is 20.3 Å². The van der Waals surface area contributed by atoms with E-state index in [1.54, 1.807) is 0 Å². The second-order valence-corrected chi connectivity index (χ2v) is 8.62. The van der Waals surface area contributed by atoms with Crippen LogP contribution in [0.15, 0.2) is 35.1 Å². The molecule has 152 valence electrons. The summed E-state index contributed by atoms with van der Waals surface area (Å²) in [5, 5.41) is 3.74. The highest BCUT2D eigenvalue weighted by molar-refractivity contribution is 7.21. The van der Waals surface area contributed by atoms with Crippen molar-refractivity contribution in [2.24, 2.45) is 0 Å². The maximum Gasteiger partial charge on any atom is 0.278 e. The summed E-state index contributed by atoms with van der Waals surface area (Å²) in [5.74, 6) is 0.787. The minimum Gasteiger partial charge on any atom is -0.350 e. The number of hydrogen-bond acceptors (Lipinski definition) is 6. The summed E-state index contributed by atoms with van der Waals surface area (Å²) in [6, 6.07) is 9.60. The fraction of sp³-hybridized carbons (Fsp3) is 0.429. The number of hydrogen-bond donors (Lipinski definition) is 2. The number of nitrogens with one attached hydrogen (secondary N) is 2. The molecule has 1 amide bonds. The molecule has 7 nitrogen and oxygen atoms in total. The third-order valence-corrected chi connectivity index (χ3v) is 6.17. The van der Waals surface area contributed by atoms with Gasteiger partial charge in [0.15, 0.2) is 15.5 Å². The van der Waals surface area contributed by atoms with Crippen LogP contribution in [0.1, 0.15) is 50.4 Å². The first-order valence-corrected chi connectivity index (χ1v) is 10.8. The summed E-state index contributed by atoms with van der Waals surface area (Å²) in [6.07, 6.45) is 2.78. The quantitative estimate of drug-likeness (QED) is 0.673. The Morgan fingerprint density at radius 2 is 2.07 bits per heavy atom. The zero-order valence-corrected chi connectivity index (χ0v) is 17.5. The largest absolute Gasteiger partial charge is 0.350 e. The molecule has 1 aromatic carbocycles. The summed E-state index contributed by atoms with van der Waals surface area (Å²) >= 11 is 1.39. The number of aromatic amines is 1. The molecule has 1 fully saturated rings. The highest BCUT2D eigenvalue weighted by atomic mass is 32.1.